The van der Waals surface area contributed by atoms with Crippen molar-refractivity contribution in [3.63, 3.8) is 0 Å². The monoisotopic (exact) mass is 346 g/mol. The molecule has 0 aliphatic heterocycles. The molecule has 0 bridgehead atoms. The molecular formula is C19H27FN4O. The van der Waals surface area contributed by atoms with Gasteiger partial charge >= 0.3 is 0 Å². The smallest absolute Gasteiger partial charge is 0.193 e. The van der Waals surface area contributed by atoms with Crippen LogP contribution in [0.4, 0.5) is 4.39 Å². The number of halogens is 1. The molecule has 6 heteroatoms. The number of benzene rings is 1. The van der Waals surface area contributed by atoms with E-state index < -0.39 is 0 Å². The van der Waals surface area contributed by atoms with Crippen LogP contribution in [0, 0.1) is 11.7 Å². The van der Waals surface area contributed by atoms with Crippen molar-refractivity contribution >= 4 is 16.9 Å². The number of likely N-dealkylation sites (N-methyl/N-ethyl adjacent to an activating group) is 1. The summed E-state index contributed by atoms with van der Waals surface area (Å²) in [5.74, 6) is 1.44. The Morgan fingerprint density at radius 3 is 3.04 bits per heavy atom. The first-order valence-electron chi connectivity index (χ1n) is 8.92. The zero-order valence-corrected chi connectivity index (χ0v) is 15.0. The molecule has 0 radical (unpaired) electrons. The summed E-state index contributed by atoms with van der Waals surface area (Å²) in [6, 6.07) is 4.86. The van der Waals surface area contributed by atoms with E-state index in [-0.39, 0.29) is 5.82 Å². The van der Waals surface area contributed by atoms with E-state index in [0.29, 0.717) is 0 Å². The van der Waals surface area contributed by atoms with Crippen LogP contribution in [0.2, 0.25) is 0 Å². The first-order chi connectivity index (χ1) is 12.2. The van der Waals surface area contributed by atoms with Crippen LogP contribution in [0.15, 0.2) is 29.4 Å². The molecule has 1 aliphatic rings. The SMILES string of the molecule is CN=C(NCCc1c[nH]c2cc(F)ccc12)N(C)CCOCC1CC1. The van der Waals surface area contributed by atoms with Crippen molar-refractivity contribution < 1.29 is 9.13 Å². The molecule has 2 N–H and O–H groups in total. The lowest BCUT2D eigenvalue weighted by atomic mass is 10.1. The number of ether oxygens (including phenoxy) is 1. The summed E-state index contributed by atoms with van der Waals surface area (Å²) >= 11 is 0. The molecule has 1 aromatic heterocycles. The van der Waals surface area contributed by atoms with Gasteiger partial charge in [0.1, 0.15) is 5.82 Å². The second-order valence-electron chi connectivity index (χ2n) is 6.67. The van der Waals surface area contributed by atoms with Crippen LogP contribution in [0.1, 0.15) is 18.4 Å². The molecule has 5 nitrogen and oxygen atoms in total. The second kappa shape index (κ2) is 8.34. The first-order valence-corrected chi connectivity index (χ1v) is 8.92. The maximum Gasteiger partial charge on any atom is 0.193 e. The van der Waals surface area contributed by atoms with E-state index in [0.717, 1.165) is 55.5 Å². The van der Waals surface area contributed by atoms with Crippen LogP contribution in [0.25, 0.3) is 10.9 Å². The standard InChI is InChI=1S/C19H27FN4O/c1-21-19(24(2)9-10-25-13-14-3-4-14)22-8-7-15-12-23-18-11-16(20)5-6-17(15)18/h5-6,11-12,14,23H,3-4,7-10,13H2,1-2H3,(H,21,22). The molecule has 2 aromatic rings. The minimum absolute atomic E-state index is 0.218. The molecule has 0 saturated heterocycles. The number of nitrogens with one attached hydrogen (secondary N) is 2. The van der Waals surface area contributed by atoms with Gasteiger partial charge in [0.05, 0.1) is 6.61 Å². The molecule has 0 unspecified atom stereocenters. The summed E-state index contributed by atoms with van der Waals surface area (Å²) in [5, 5.41) is 4.45. The summed E-state index contributed by atoms with van der Waals surface area (Å²) in [6.45, 7) is 3.20. The van der Waals surface area contributed by atoms with Crippen molar-refractivity contribution in [1.29, 1.82) is 0 Å². The molecule has 3 rings (SSSR count). The van der Waals surface area contributed by atoms with Crippen LogP contribution < -0.4 is 5.32 Å². The third-order valence-corrected chi connectivity index (χ3v) is 4.60. The van der Waals surface area contributed by atoms with E-state index in [1.807, 2.05) is 19.3 Å². The minimum Gasteiger partial charge on any atom is -0.379 e. The highest BCUT2D eigenvalue weighted by Gasteiger charge is 2.21. The molecule has 1 aromatic carbocycles. The second-order valence-corrected chi connectivity index (χ2v) is 6.67. The molecule has 25 heavy (non-hydrogen) atoms. The summed E-state index contributed by atoms with van der Waals surface area (Å²) in [7, 11) is 3.81. The van der Waals surface area contributed by atoms with Gasteiger partial charge in [0, 0.05) is 50.9 Å². The predicted molar refractivity (Wildman–Crippen MR) is 99.5 cm³/mol. The van der Waals surface area contributed by atoms with Gasteiger partial charge in [0.25, 0.3) is 0 Å². The lowest BCUT2D eigenvalue weighted by Gasteiger charge is -2.22. The summed E-state index contributed by atoms with van der Waals surface area (Å²) in [5.41, 5.74) is 2.01. The van der Waals surface area contributed by atoms with Gasteiger partial charge < -0.3 is 19.9 Å². The van der Waals surface area contributed by atoms with Crippen LogP contribution in [-0.4, -0.2) is 56.2 Å². The summed E-state index contributed by atoms with van der Waals surface area (Å²) in [4.78, 5) is 9.53. The van der Waals surface area contributed by atoms with E-state index in [1.54, 1.807) is 7.05 Å². The van der Waals surface area contributed by atoms with Crippen molar-refractivity contribution in [1.82, 2.24) is 15.2 Å². The number of hydrogen-bond acceptors (Lipinski definition) is 2. The lowest BCUT2D eigenvalue weighted by Crippen LogP contribution is -2.41. The Kier molecular flexibility index (Phi) is 5.91. The van der Waals surface area contributed by atoms with Gasteiger partial charge in [-0.3, -0.25) is 4.99 Å². The van der Waals surface area contributed by atoms with Crippen molar-refractivity contribution in [2.24, 2.45) is 10.9 Å². The number of fused-ring (bicyclic) bond motifs is 1. The molecule has 0 amide bonds. The number of hydrogen-bond donors (Lipinski definition) is 2. The molecular weight excluding hydrogens is 319 g/mol. The van der Waals surface area contributed by atoms with Gasteiger partial charge in [-0.1, -0.05) is 0 Å². The van der Waals surface area contributed by atoms with Crippen molar-refractivity contribution in [2.75, 3.05) is 40.4 Å². The van der Waals surface area contributed by atoms with E-state index in [4.69, 9.17) is 4.74 Å². The highest BCUT2D eigenvalue weighted by Crippen LogP contribution is 2.28. The van der Waals surface area contributed by atoms with Crippen molar-refractivity contribution in [3.8, 4) is 0 Å². The molecule has 1 heterocycles. The van der Waals surface area contributed by atoms with Crippen LogP contribution in [-0.2, 0) is 11.2 Å². The normalized spacial score (nSPS) is 14.9. The first kappa shape index (κ1) is 17.7. The topological polar surface area (TPSA) is 52.7 Å². The van der Waals surface area contributed by atoms with Gasteiger partial charge in [-0.25, -0.2) is 4.39 Å². The number of guanidine groups is 1. The fourth-order valence-electron chi connectivity index (χ4n) is 2.90. The summed E-state index contributed by atoms with van der Waals surface area (Å²) < 4.78 is 18.9. The predicted octanol–water partition coefficient (Wildman–Crippen LogP) is 2.78. The molecule has 0 spiro atoms. The lowest BCUT2D eigenvalue weighted by molar-refractivity contribution is 0.115. The average molecular weight is 346 g/mol. The Bertz CT molecular complexity index is 723. The molecule has 0 atom stereocenters. The fraction of sp³-hybridized carbons (Fsp3) is 0.526. The number of nitrogens with zero attached hydrogens (tertiary/aromatic N) is 2. The fourth-order valence-corrected chi connectivity index (χ4v) is 2.90. The Morgan fingerprint density at radius 1 is 1.44 bits per heavy atom. The average Bonchev–Trinajstić information content (AvgIpc) is 3.35. The number of H-pyrrole nitrogens is 1. The van der Waals surface area contributed by atoms with Gasteiger partial charge in [-0.2, -0.15) is 0 Å². The van der Waals surface area contributed by atoms with E-state index in [9.17, 15) is 4.39 Å². The maximum atomic E-state index is 13.2. The van der Waals surface area contributed by atoms with E-state index >= 15 is 0 Å². The number of aliphatic imine (C=N–C) groups is 1. The largest absolute Gasteiger partial charge is 0.379 e. The highest BCUT2D eigenvalue weighted by molar-refractivity contribution is 5.83. The maximum absolute atomic E-state index is 13.2. The van der Waals surface area contributed by atoms with Crippen LogP contribution >= 0.6 is 0 Å². The van der Waals surface area contributed by atoms with Crippen molar-refractivity contribution in [3.05, 3.63) is 35.8 Å². The van der Waals surface area contributed by atoms with Gasteiger partial charge in [-0.15, -0.1) is 0 Å². The number of aromatic amines is 1. The zero-order chi connectivity index (χ0) is 17.6. The van der Waals surface area contributed by atoms with Gasteiger partial charge in [0.2, 0.25) is 0 Å². The molecule has 1 saturated carbocycles. The third kappa shape index (κ3) is 4.95. The molecule has 136 valence electrons. The Hall–Kier alpha value is -2.08. The van der Waals surface area contributed by atoms with Crippen molar-refractivity contribution in [2.45, 2.75) is 19.3 Å². The quantitative estimate of drug-likeness (QED) is 0.439. The Morgan fingerprint density at radius 2 is 2.28 bits per heavy atom. The van der Waals surface area contributed by atoms with E-state index in [2.05, 4.69) is 20.2 Å². The number of aromatic nitrogens is 1. The summed E-state index contributed by atoms with van der Waals surface area (Å²) in [6.07, 6.45) is 5.43. The molecule has 1 fully saturated rings. The zero-order valence-electron chi connectivity index (χ0n) is 15.0. The highest BCUT2D eigenvalue weighted by atomic mass is 19.1. The van der Waals surface area contributed by atoms with E-state index in [1.165, 1.54) is 30.5 Å². The van der Waals surface area contributed by atoms with Gasteiger partial charge in [0.15, 0.2) is 5.96 Å². The number of rotatable bonds is 8. The van der Waals surface area contributed by atoms with Crippen LogP contribution in [0.5, 0.6) is 0 Å². The molecule has 1 aliphatic carbocycles. The Balaban J connectivity index is 1.43. The third-order valence-electron chi connectivity index (χ3n) is 4.60. The minimum atomic E-state index is -0.218. The van der Waals surface area contributed by atoms with Crippen LogP contribution in [0.3, 0.4) is 0 Å². The Labute approximate surface area is 148 Å². The van der Waals surface area contributed by atoms with Gasteiger partial charge in [-0.05, 0) is 48.9 Å².